The fourth-order valence-corrected chi connectivity index (χ4v) is 2.00. The van der Waals surface area contributed by atoms with Crippen LogP contribution < -0.4 is 14.8 Å². The van der Waals surface area contributed by atoms with E-state index in [-0.39, 0.29) is 18.2 Å². The van der Waals surface area contributed by atoms with Gasteiger partial charge in [-0.1, -0.05) is 12.1 Å². The van der Waals surface area contributed by atoms with Gasteiger partial charge in [0.15, 0.2) is 11.6 Å². The molecule has 0 heterocycles. The lowest BCUT2D eigenvalue weighted by atomic mass is 10.2. The zero-order valence-corrected chi connectivity index (χ0v) is 12.0. The first kappa shape index (κ1) is 15.3. The average molecular weight is 293 g/mol. The van der Waals surface area contributed by atoms with Gasteiger partial charge in [-0.25, -0.2) is 8.78 Å². The molecule has 0 amide bonds. The van der Waals surface area contributed by atoms with E-state index in [2.05, 4.69) is 5.32 Å². The molecule has 5 heteroatoms. The van der Waals surface area contributed by atoms with Crippen molar-refractivity contribution in [2.24, 2.45) is 0 Å². The summed E-state index contributed by atoms with van der Waals surface area (Å²) in [7, 11) is 3.17. The molecule has 0 saturated heterocycles. The normalized spacial score (nSPS) is 10.5. The molecule has 0 fully saturated rings. The van der Waals surface area contributed by atoms with Gasteiger partial charge in [-0.05, 0) is 31.3 Å². The monoisotopic (exact) mass is 293 g/mol. The highest BCUT2D eigenvalue weighted by molar-refractivity contribution is 5.35. The molecule has 0 aromatic heterocycles. The van der Waals surface area contributed by atoms with E-state index in [1.807, 2.05) is 0 Å². The molecule has 3 nitrogen and oxygen atoms in total. The number of methoxy groups -OCH3 is 1. The molecule has 0 atom stereocenters. The van der Waals surface area contributed by atoms with Crippen LogP contribution in [0.4, 0.5) is 8.78 Å². The van der Waals surface area contributed by atoms with Gasteiger partial charge in [0, 0.05) is 17.7 Å². The molecule has 112 valence electrons. The molecule has 21 heavy (non-hydrogen) atoms. The molecule has 0 radical (unpaired) electrons. The Kier molecular flexibility index (Phi) is 5.11. The molecule has 0 bridgehead atoms. The predicted octanol–water partition coefficient (Wildman–Crippen LogP) is 3.27. The highest BCUT2D eigenvalue weighted by atomic mass is 19.1. The van der Waals surface area contributed by atoms with Gasteiger partial charge < -0.3 is 14.8 Å². The molecule has 0 aliphatic rings. The standard InChI is InChI=1S/C16H17F2NO2/c1-19-9-12-8-13(17)6-7-14(12)21-10-11-4-3-5-15(20-2)16(11)18/h3-8,19H,9-10H2,1-2H3. The van der Waals surface area contributed by atoms with E-state index in [0.717, 1.165) is 0 Å². The fraction of sp³-hybridized carbons (Fsp3) is 0.250. The molecule has 0 aliphatic heterocycles. The van der Waals surface area contributed by atoms with E-state index in [0.29, 0.717) is 23.4 Å². The van der Waals surface area contributed by atoms with Crippen LogP contribution in [-0.2, 0) is 13.2 Å². The second-order valence-corrected chi connectivity index (χ2v) is 4.50. The topological polar surface area (TPSA) is 30.5 Å². The van der Waals surface area contributed by atoms with Crippen molar-refractivity contribution >= 4 is 0 Å². The Morgan fingerprint density at radius 2 is 1.86 bits per heavy atom. The van der Waals surface area contributed by atoms with E-state index < -0.39 is 5.82 Å². The number of halogens is 2. The molecule has 2 aromatic rings. The Balaban J connectivity index is 2.16. The Morgan fingerprint density at radius 3 is 2.57 bits per heavy atom. The maximum absolute atomic E-state index is 14.0. The lowest BCUT2D eigenvalue weighted by Gasteiger charge is -2.13. The molecule has 2 rings (SSSR count). The van der Waals surface area contributed by atoms with Crippen molar-refractivity contribution in [2.75, 3.05) is 14.2 Å². The first-order valence-electron chi connectivity index (χ1n) is 6.53. The minimum atomic E-state index is -0.447. The van der Waals surface area contributed by atoms with Crippen molar-refractivity contribution in [3.05, 3.63) is 59.2 Å². The molecular weight excluding hydrogens is 276 g/mol. The highest BCUT2D eigenvalue weighted by Gasteiger charge is 2.10. The average Bonchev–Trinajstić information content (AvgIpc) is 2.48. The van der Waals surface area contributed by atoms with E-state index in [9.17, 15) is 8.78 Å². The van der Waals surface area contributed by atoms with Gasteiger partial charge >= 0.3 is 0 Å². The van der Waals surface area contributed by atoms with Gasteiger partial charge in [0.05, 0.1) is 7.11 Å². The molecule has 0 aliphatic carbocycles. The highest BCUT2D eigenvalue weighted by Crippen LogP contribution is 2.24. The van der Waals surface area contributed by atoms with Crippen molar-refractivity contribution < 1.29 is 18.3 Å². The van der Waals surface area contributed by atoms with Gasteiger partial charge in [-0.2, -0.15) is 0 Å². The van der Waals surface area contributed by atoms with E-state index >= 15 is 0 Å². The maximum atomic E-state index is 14.0. The van der Waals surface area contributed by atoms with Gasteiger partial charge in [0.25, 0.3) is 0 Å². The van der Waals surface area contributed by atoms with Gasteiger partial charge in [-0.3, -0.25) is 0 Å². The Labute approximate surface area is 122 Å². The van der Waals surface area contributed by atoms with Crippen LogP contribution >= 0.6 is 0 Å². The van der Waals surface area contributed by atoms with E-state index in [1.54, 1.807) is 31.3 Å². The van der Waals surface area contributed by atoms with Crippen LogP contribution in [0, 0.1) is 11.6 Å². The number of rotatable bonds is 6. The van der Waals surface area contributed by atoms with Crippen molar-refractivity contribution in [2.45, 2.75) is 13.2 Å². The third-order valence-corrected chi connectivity index (χ3v) is 3.04. The SMILES string of the molecule is CNCc1cc(F)ccc1OCc1cccc(OC)c1F. The molecule has 0 saturated carbocycles. The Hall–Kier alpha value is -2.14. The van der Waals surface area contributed by atoms with Gasteiger partial charge in [0.1, 0.15) is 18.2 Å². The summed E-state index contributed by atoms with van der Waals surface area (Å²) in [5, 5.41) is 2.94. The first-order valence-corrected chi connectivity index (χ1v) is 6.53. The molecule has 2 aromatic carbocycles. The summed E-state index contributed by atoms with van der Waals surface area (Å²) in [5.41, 5.74) is 1.06. The third-order valence-electron chi connectivity index (χ3n) is 3.04. The van der Waals surface area contributed by atoms with Crippen LogP contribution in [-0.4, -0.2) is 14.2 Å². The Bertz CT molecular complexity index is 617. The van der Waals surface area contributed by atoms with Crippen LogP contribution in [0.1, 0.15) is 11.1 Å². The van der Waals surface area contributed by atoms with Crippen LogP contribution in [0.2, 0.25) is 0 Å². The summed E-state index contributed by atoms with van der Waals surface area (Å²) in [6, 6.07) is 9.12. The zero-order chi connectivity index (χ0) is 15.2. The second kappa shape index (κ2) is 7.04. The predicted molar refractivity (Wildman–Crippen MR) is 76.4 cm³/mol. The van der Waals surface area contributed by atoms with Crippen molar-refractivity contribution in [3.63, 3.8) is 0 Å². The van der Waals surface area contributed by atoms with Crippen molar-refractivity contribution in [1.82, 2.24) is 5.32 Å². The lowest BCUT2D eigenvalue weighted by Crippen LogP contribution is -2.08. The minimum absolute atomic E-state index is 0.0470. The second-order valence-electron chi connectivity index (χ2n) is 4.50. The summed E-state index contributed by atoms with van der Waals surface area (Å²) in [6.07, 6.45) is 0. The minimum Gasteiger partial charge on any atom is -0.494 e. The van der Waals surface area contributed by atoms with Gasteiger partial charge in [-0.15, -0.1) is 0 Å². The number of nitrogens with one attached hydrogen (secondary N) is 1. The largest absolute Gasteiger partial charge is 0.494 e. The molecular formula is C16H17F2NO2. The summed E-state index contributed by atoms with van der Waals surface area (Å²) in [5.74, 6) is -0.0870. The van der Waals surface area contributed by atoms with E-state index in [4.69, 9.17) is 9.47 Å². The molecule has 1 N–H and O–H groups in total. The Morgan fingerprint density at radius 1 is 1.05 bits per heavy atom. The number of benzene rings is 2. The molecule has 0 unspecified atom stereocenters. The van der Waals surface area contributed by atoms with Gasteiger partial charge in [0.2, 0.25) is 0 Å². The fourth-order valence-electron chi connectivity index (χ4n) is 2.00. The maximum Gasteiger partial charge on any atom is 0.171 e. The van der Waals surface area contributed by atoms with Crippen LogP contribution in [0.3, 0.4) is 0 Å². The summed E-state index contributed by atoms with van der Waals surface area (Å²) in [6.45, 7) is 0.513. The third kappa shape index (κ3) is 3.70. The van der Waals surface area contributed by atoms with Crippen LogP contribution in [0.25, 0.3) is 0 Å². The number of ether oxygens (including phenoxy) is 2. The number of hydrogen-bond donors (Lipinski definition) is 1. The quantitative estimate of drug-likeness (QED) is 0.886. The first-order chi connectivity index (χ1) is 10.2. The van der Waals surface area contributed by atoms with Crippen molar-refractivity contribution in [3.8, 4) is 11.5 Å². The van der Waals surface area contributed by atoms with Crippen LogP contribution in [0.15, 0.2) is 36.4 Å². The van der Waals surface area contributed by atoms with E-state index in [1.165, 1.54) is 19.2 Å². The van der Waals surface area contributed by atoms with Crippen molar-refractivity contribution in [1.29, 1.82) is 0 Å². The number of hydrogen-bond acceptors (Lipinski definition) is 3. The smallest absolute Gasteiger partial charge is 0.171 e. The summed E-state index contributed by atoms with van der Waals surface area (Å²) in [4.78, 5) is 0. The molecule has 0 spiro atoms. The summed E-state index contributed by atoms with van der Waals surface area (Å²) >= 11 is 0. The zero-order valence-electron chi connectivity index (χ0n) is 12.0. The lowest BCUT2D eigenvalue weighted by molar-refractivity contribution is 0.292. The van der Waals surface area contributed by atoms with Crippen LogP contribution in [0.5, 0.6) is 11.5 Å². The summed E-state index contributed by atoms with van der Waals surface area (Å²) < 4.78 is 37.8.